The van der Waals surface area contributed by atoms with Crippen molar-refractivity contribution < 1.29 is 17.9 Å². The number of hydrogen-bond acceptors (Lipinski definition) is 4. The van der Waals surface area contributed by atoms with Gasteiger partial charge < -0.3 is 5.11 Å². The first-order valence-electron chi connectivity index (χ1n) is 7.27. The summed E-state index contributed by atoms with van der Waals surface area (Å²) in [5.74, 6) is -0.667. The van der Waals surface area contributed by atoms with E-state index >= 15 is 0 Å². The van der Waals surface area contributed by atoms with Crippen molar-refractivity contribution >= 4 is 10.0 Å². The van der Waals surface area contributed by atoms with E-state index in [1.54, 1.807) is 12.4 Å². The van der Waals surface area contributed by atoms with Crippen molar-refractivity contribution in [1.29, 1.82) is 0 Å². The highest BCUT2D eigenvalue weighted by molar-refractivity contribution is 7.89. The molecule has 0 spiro atoms. The van der Waals surface area contributed by atoms with Gasteiger partial charge in [-0.1, -0.05) is 0 Å². The Morgan fingerprint density at radius 2 is 2.17 bits per heavy atom. The molecule has 0 aliphatic heterocycles. The van der Waals surface area contributed by atoms with Crippen LogP contribution in [0.5, 0.6) is 0 Å². The van der Waals surface area contributed by atoms with Crippen LogP contribution < -0.4 is 4.72 Å². The highest BCUT2D eigenvalue weighted by Gasteiger charge is 2.42. The third kappa shape index (κ3) is 3.29. The molecule has 1 aliphatic carbocycles. The number of aromatic nitrogens is 2. The van der Waals surface area contributed by atoms with Crippen LogP contribution in [0.15, 0.2) is 35.5 Å². The summed E-state index contributed by atoms with van der Waals surface area (Å²) in [5, 5.41) is 13.2. The second-order valence-corrected chi connectivity index (χ2v) is 7.83. The second-order valence-electron chi connectivity index (χ2n) is 6.06. The minimum absolute atomic E-state index is 0.0541. The average Bonchev–Trinajstić information content (AvgIpc) is 3.19. The molecule has 3 rings (SSSR count). The molecule has 0 atom stereocenters. The Hall–Kier alpha value is -1.77. The standard InChI is InChI=1S/C15H18FN3O3S/c1-11-7-17-19(8-11)14-3-2-12(6-13(14)16)23(21,22)18-9-15(10-20)4-5-15/h2-3,6-8,18,20H,4-5,9-10H2,1H3. The highest BCUT2D eigenvalue weighted by atomic mass is 32.2. The maximum atomic E-state index is 14.2. The van der Waals surface area contributed by atoms with Gasteiger partial charge >= 0.3 is 0 Å². The van der Waals surface area contributed by atoms with Crippen molar-refractivity contribution in [1.82, 2.24) is 14.5 Å². The molecule has 2 aromatic rings. The quantitative estimate of drug-likeness (QED) is 0.832. The number of benzene rings is 1. The summed E-state index contributed by atoms with van der Waals surface area (Å²) in [6, 6.07) is 3.71. The lowest BCUT2D eigenvalue weighted by molar-refractivity contribution is 0.213. The molecule has 1 aromatic heterocycles. The van der Waals surface area contributed by atoms with Gasteiger partial charge in [0.2, 0.25) is 10.0 Å². The van der Waals surface area contributed by atoms with Crippen LogP contribution in [-0.4, -0.2) is 36.5 Å². The van der Waals surface area contributed by atoms with E-state index in [2.05, 4.69) is 9.82 Å². The number of nitrogens with one attached hydrogen (secondary N) is 1. The molecule has 8 heteroatoms. The number of rotatable bonds is 6. The normalized spacial score (nSPS) is 16.5. The second kappa shape index (κ2) is 5.70. The predicted molar refractivity (Wildman–Crippen MR) is 82.2 cm³/mol. The lowest BCUT2D eigenvalue weighted by Gasteiger charge is -2.13. The zero-order valence-corrected chi connectivity index (χ0v) is 13.5. The van der Waals surface area contributed by atoms with E-state index in [0.717, 1.165) is 24.5 Å². The molecule has 23 heavy (non-hydrogen) atoms. The van der Waals surface area contributed by atoms with Gasteiger partial charge in [0, 0.05) is 24.8 Å². The Balaban J connectivity index is 1.81. The maximum Gasteiger partial charge on any atom is 0.240 e. The number of aliphatic hydroxyl groups is 1. The third-order valence-electron chi connectivity index (χ3n) is 4.12. The van der Waals surface area contributed by atoms with E-state index in [9.17, 15) is 17.9 Å². The molecule has 1 fully saturated rings. The van der Waals surface area contributed by atoms with Gasteiger partial charge in [-0.25, -0.2) is 22.2 Å². The van der Waals surface area contributed by atoms with E-state index in [4.69, 9.17) is 0 Å². The summed E-state index contributed by atoms with van der Waals surface area (Å²) in [6.45, 7) is 1.94. The first kappa shape index (κ1) is 16.1. The van der Waals surface area contributed by atoms with Crippen LogP contribution in [0.2, 0.25) is 0 Å². The minimum Gasteiger partial charge on any atom is -0.396 e. The fourth-order valence-electron chi connectivity index (χ4n) is 2.28. The molecule has 1 aromatic carbocycles. The van der Waals surface area contributed by atoms with Crippen LogP contribution in [0.1, 0.15) is 18.4 Å². The molecule has 124 valence electrons. The molecule has 0 saturated heterocycles. The van der Waals surface area contributed by atoms with Gasteiger partial charge in [0.25, 0.3) is 0 Å². The molecule has 0 radical (unpaired) electrons. The average molecular weight is 339 g/mol. The van der Waals surface area contributed by atoms with Crippen molar-refractivity contribution in [3.05, 3.63) is 42.0 Å². The Labute approximate surface area is 134 Å². The van der Waals surface area contributed by atoms with E-state index < -0.39 is 15.8 Å². The van der Waals surface area contributed by atoms with Gasteiger partial charge in [-0.3, -0.25) is 0 Å². The van der Waals surface area contributed by atoms with Crippen LogP contribution in [0.3, 0.4) is 0 Å². The lowest BCUT2D eigenvalue weighted by Crippen LogP contribution is -2.32. The first-order chi connectivity index (χ1) is 10.9. The summed E-state index contributed by atoms with van der Waals surface area (Å²) >= 11 is 0. The zero-order chi connectivity index (χ0) is 16.7. The molecule has 0 unspecified atom stereocenters. The summed E-state index contributed by atoms with van der Waals surface area (Å²) in [7, 11) is -3.81. The Kier molecular flexibility index (Phi) is 3.99. The molecule has 0 amide bonds. The SMILES string of the molecule is Cc1cnn(-c2ccc(S(=O)(=O)NCC3(CO)CC3)cc2F)c1. The molecular weight excluding hydrogens is 321 g/mol. The van der Waals surface area contributed by atoms with Crippen LogP contribution in [0.25, 0.3) is 5.69 Å². The smallest absolute Gasteiger partial charge is 0.240 e. The molecule has 2 N–H and O–H groups in total. The molecule has 1 aliphatic rings. The van der Waals surface area contributed by atoms with Crippen LogP contribution in [-0.2, 0) is 10.0 Å². The van der Waals surface area contributed by atoms with Crippen LogP contribution in [0.4, 0.5) is 4.39 Å². The Bertz CT molecular complexity index is 828. The molecule has 6 nitrogen and oxygen atoms in total. The van der Waals surface area contributed by atoms with Gasteiger partial charge in [0.1, 0.15) is 11.5 Å². The summed E-state index contributed by atoms with van der Waals surface area (Å²) in [6.07, 6.45) is 4.83. The largest absolute Gasteiger partial charge is 0.396 e. The topological polar surface area (TPSA) is 84.2 Å². The third-order valence-corrected chi connectivity index (χ3v) is 5.52. The summed E-state index contributed by atoms with van der Waals surface area (Å²) in [5.41, 5.74) is 0.714. The van der Waals surface area contributed by atoms with Crippen molar-refractivity contribution in [3.63, 3.8) is 0 Å². The molecule has 1 saturated carbocycles. The van der Waals surface area contributed by atoms with Gasteiger partial charge in [-0.2, -0.15) is 5.10 Å². The number of hydrogen-bond donors (Lipinski definition) is 2. The molecular formula is C15H18FN3O3S. The summed E-state index contributed by atoms with van der Waals surface area (Å²) < 4.78 is 42.5. The van der Waals surface area contributed by atoms with E-state index in [0.29, 0.717) is 0 Å². The highest BCUT2D eigenvalue weighted by Crippen LogP contribution is 2.44. The van der Waals surface area contributed by atoms with Crippen molar-refractivity contribution in [2.45, 2.75) is 24.7 Å². The molecule has 0 bridgehead atoms. The Morgan fingerprint density at radius 3 is 2.70 bits per heavy atom. The summed E-state index contributed by atoms with van der Waals surface area (Å²) in [4.78, 5) is -0.142. The van der Waals surface area contributed by atoms with Crippen LogP contribution >= 0.6 is 0 Å². The number of halogens is 1. The number of nitrogens with zero attached hydrogens (tertiary/aromatic N) is 2. The monoisotopic (exact) mass is 339 g/mol. The van der Waals surface area contributed by atoms with Gasteiger partial charge in [0.15, 0.2) is 0 Å². The zero-order valence-electron chi connectivity index (χ0n) is 12.7. The Morgan fingerprint density at radius 1 is 1.43 bits per heavy atom. The van der Waals surface area contributed by atoms with Crippen LogP contribution in [0, 0.1) is 18.2 Å². The first-order valence-corrected chi connectivity index (χ1v) is 8.75. The molecule has 1 heterocycles. The van der Waals surface area contributed by atoms with Crippen molar-refractivity contribution in [2.24, 2.45) is 5.41 Å². The number of aryl methyl sites for hydroxylation is 1. The van der Waals surface area contributed by atoms with Crippen molar-refractivity contribution in [2.75, 3.05) is 13.2 Å². The van der Waals surface area contributed by atoms with E-state index in [1.165, 1.54) is 16.8 Å². The minimum atomic E-state index is -3.81. The van der Waals surface area contributed by atoms with Crippen molar-refractivity contribution in [3.8, 4) is 5.69 Å². The fraction of sp³-hybridized carbons (Fsp3) is 0.400. The number of sulfonamides is 1. The van der Waals surface area contributed by atoms with Gasteiger partial charge in [-0.15, -0.1) is 0 Å². The lowest BCUT2D eigenvalue weighted by atomic mass is 10.1. The van der Waals surface area contributed by atoms with Gasteiger partial charge in [-0.05, 0) is 43.5 Å². The van der Waals surface area contributed by atoms with Gasteiger partial charge in [0.05, 0.1) is 11.1 Å². The maximum absolute atomic E-state index is 14.2. The van der Waals surface area contributed by atoms with E-state index in [1.807, 2.05) is 6.92 Å². The predicted octanol–water partition coefficient (Wildman–Crippen LogP) is 1.37. The number of aliphatic hydroxyl groups excluding tert-OH is 1. The fourth-order valence-corrected chi connectivity index (χ4v) is 3.45. The van der Waals surface area contributed by atoms with E-state index in [-0.39, 0.29) is 29.1 Å².